The summed E-state index contributed by atoms with van der Waals surface area (Å²) in [4.78, 5) is 3.99. The molecule has 0 amide bonds. The zero-order valence-electron chi connectivity index (χ0n) is 10.9. The van der Waals surface area contributed by atoms with Gasteiger partial charge in [0.1, 0.15) is 0 Å². The first-order chi connectivity index (χ1) is 8.58. The van der Waals surface area contributed by atoms with E-state index in [1.165, 1.54) is 10.9 Å². The fraction of sp³-hybridized carbons (Fsp3) is 0.462. The van der Waals surface area contributed by atoms with Gasteiger partial charge >= 0.3 is 6.18 Å². The monoisotopic (exact) mass is 272 g/mol. The molecular formula is C13H15F3N2O. The first kappa shape index (κ1) is 13.9. The molecule has 0 aliphatic heterocycles. The van der Waals surface area contributed by atoms with Gasteiger partial charge in [-0.3, -0.25) is 0 Å². The third-order valence-corrected chi connectivity index (χ3v) is 2.72. The van der Waals surface area contributed by atoms with Gasteiger partial charge in [-0.1, -0.05) is 0 Å². The Morgan fingerprint density at radius 3 is 2.42 bits per heavy atom. The van der Waals surface area contributed by atoms with E-state index in [4.69, 9.17) is 0 Å². The number of imidazole rings is 1. The number of aromatic nitrogens is 2. The predicted molar refractivity (Wildman–Crippen MR) is 65.8 cm³/mol. The fourth-order valence-corrected chi connectivity index (χ4v) is 2.10. The van der Waals surface area contributed by atoms with Gasteiger partial charge in [-0.05, 0) is 38.5 Å². The average Bonchev–Trinajstić information content (AvgIpc) is 2.56. The molecule has 3 nitrogen and oxygen atoms in total. The highest BCUT2D eigenvalue weighted by Gasteiger charge is 2.34. The van der Waals surface area contributed by atoms with Crippen molar-refractivity contribution in [2.75, 3.05) is 0 Å². The predicted octanol–water partition coefficient (Wildman–Crippen LogP) is 3.13. The maximum Gasteiger partial charge on any atom is 0.418 e. The Morgan fingerprint density at radius 2 is 1.89 bits per heavy atom. The SMILES string of the molecule is Cc1cc(C(F)(F)F)c2c(c1)ncn2CC(C)(C)O. The standard InChI is InChI=1S/C13H15F3N2O/c1-8-4-9(13(14,15)16)11-10(5-8)17-7-18(11)6-12(2,3)19/h4-5,7,19H,6H2,1-3H3. The number of hydrogen-bond acceptors (Lipinski definition) is 2. The topological polar surface area (TPSA) is 38.0 Å². The minimum Gasteiger partial charge on any atom is -0.389 e. The molecule has 0 bridgehead atoms. The van der Waals surface area contributed by atoms with Crippen LogP contribution in [0.5, 0.6) is 0 Å². The Kier molecular flexibility index (Phi) is 3.09. The summed E-state index contributed by atoms with van der Waals surface area (Å²) >= 11 is 0. The second kappa shape index (κ2) is 4.23. The average molecular weight is 272 g/mol. The molecule has 0 atom stereocenters. The van der Waals surface area contributed by atoms with E-state index in [2.05, 4.69) is 4.98 Å². The number of benzene rings is 1. The number of nitrogens with zero attached hydrogens (tertiary/aromatic N) is 2. The van der Waals surface area contributed by atoms with Crippen molar-refractivity contribution in [3.8, 4) is 0 Å². The molecule has 0 aliphatic carbocycles. The lowest BCUT2D eigenvalue weighted by atomic mass is 10.1. The van der Waals surface area contributed by atoms with E-state index < -0.39 is 17.3 Å². The molecule has 0 saturated heterocycles. The maximum atomic E-state index is 13.1. The van der Waals surface area contributed by atoms with Crippen LogP contribution in [0.2, 0.25) is 0 Å². The van der Waals surface area contributed by atoms with Crippen molar-refractivity contribution in [1.82, 2.24) is 9.55 Å². The number of aryl methyl sites for hydroxylation is 1. The summed E-state index contributed by atoms with van der Waals surface area (Å²) in [6.07, 6.45) is -3.11. The van der Waals surface area contributed by atoms with Crippen molar-refractivity contribution >= 4 is 11.0 Å². The maximum absolute atomic E-state index is 13.1. The van der Waals surface area contributed by atoms with Crippen molar-refractivity contribution < 1.29 is 18.3 Å². The highest BCUT2D eigenvalue weighted by atomic mass is 19.4. The van der Waals surface area contributed by atoms with Gasteiger partial charge in [-0.2, -0.15) is 13.2 Å². The van der Waals surface area contributed by atoms with Crippen LogP contribution in [0.3, 0.4) is 0 Å². The smallest absolute Gasteiger partial charge is 0.389 e. The minimum atomic E-state index is -4.44. The zero-order valence-corrected chi connectivity index (χ0v) is 10.9. The summed E-state index contributed by atoms with van der Waals surface area (Å²) in [6.45, 7) is 4.74. The third kappa shape index (κ3) is 2.89. The summed E-state index contributed by atoms with van der Waals surface area (Å²) in [5.41, 5.74) is -1.02. The fourth-order valence-electron chi connectivity index (χ4n) is 2.10. The molecule has 0 radical (unpaired) electrons. The van der Waals surface area contributed by atoms with Crippen LogP contribution in [-0.2, 0) is 12.7 Å². The zero-order chi connectivity index (χ0) is 14.4. The molecule has 0 aliphatic rings. The van der Waals surface area contributed by atoms with E-state index >= 15 is 0 Å². The van der Waals surface area contributed by atoms with Crippen molar-refractivity contribution in [3.05, 3.63) is 29.6 Å². The van der Waals surface area contributed by atoms with Gasteiger partial charge in [0.15, 0.2) is 0 Å². The Labute approximate surface area is 108 Å². The van der Waals surface area contributed by atoms with E-state index in [1.54, 1.807) is 26.8 Å². The van der Waals surface area contributed by atoms with Crippen LogP contribution in [0.1, 0.15) is 25.0 Å². The van der Waals surface area contributed by atoms with Crippen LogP contribution < -0.4 is 0 Å². The summed E-state index contributed by atoms with van der Waals surface area (Å²) in [7, 11) is 0. The third-order valence-electron chi connectivity index (χ3n) is 2.72. The van der Waals surface area contributed by atoms with Crippen molar-refractivity contribution in [3.63, 3.8) is 0 Å². The molecule has 19 heavy (non-hydrogen) atoms. The van der Waals surface area contributed by atoms with E-state index in [0.29, 0.717) is 5.56 Å². The lowest BCUT2D eigenvalue weighted by molar-refractivity contribution is -0.136. The number of halogens is 3. The molecule has 1 N–H and O–H groups in total. The quantitative estimate of drug-likeness (QED) is 0.912. The molecule has 1 aromatic carbocycles. The van der Waals surface area contributed by atoms with Crippen LogP contribution in [-0.4, -0.2) is 20.3 Å². The van der Waals surface area contributed by atoms with E-state index in [0.717, 1.165) is 6.07 Å². The van der Waals surface area contributed by atoms with E-state index in [-0.39, 0.29) is 17.6 Å². The second-order valence-electron chi connectivity index (χ2n) is 5.36. The van der Waals surface area contributed by atoms with Crippen molar-refractivity contribution in [2.45, 2.75) is 39.1 Å². The van der Waals surface area contributed by atoms with Gasteiger partial charge in [0.2, 0.25) is 0 Å². The molecule has 2 rings (SSSR count). The number of rotatable bonds is 2. The number of fused-ring (bicyclic) bond motifs is 1. The molecule has 0 spiro atoms. The summed E-state index contributed by atoms with van der Waals surface area (Å²) in [5, 5.41) is 9.77. The Bertz CT molecular complexity index is 609. The van der Waals surface area contributed by atoms with Gasteiger partial charge < -0.3 is 9.67 Å². The first-order valence-electron chi connectivity index (χ1n) is 5.83. The number of hydrogen-bond donors (Lipinski definition) is 1. The molecule has 104 valence electrons. The lowest BCUT2D eigenvalue weighted by Gasteiger charge is -2.19. The van der Waals surface area contributed by atoms with Gasteiger partial charge in [0.25, 0.3) is 0 Å². The molecular weight excluding hydrogens is 257 g/mol. The van der Waals surface area contributed by atoms with Crippen molar-refractivity contribution in [2.24, 2.45) is 0 Å². The Hall–Kier alpha value is -1.56. The van der Waals surface area contributed by atoms with Gasteiger partial charge in [0, 0.05) is 0 Å². The lowest BCUT2D eigenvalue weighted by Crippen LogP contribution is -2.26. The van der Waals surface area contributed by atoms with E-state index in [1.807, 2.05) is 0 Å². The summed E-state index contributed by atoms with van der Waals surface area (Å²) < 4.78 is 40.6. The largest absolute Gasteiger partial charge is 0.418 e. The molecule has 0 saturated carbocycles. The van der Waals surface area contributed by atoms with Crippen LogP contribution >= 0.6 is 0 Å². The van der Waals surface area contributed by atoms with Crippen LogP contribution in [0.15, 0.2) is 18.5 Å². The Balaban J connectivity index is 2.69. The van der Waals surface area contributed by atoms with Crippen LogP contribution in [0, 0.1) is 6.92 Å². The second-order valence-corrected chi connectivity index (χ2v) is 5.36. The van der Waals surface area contributed by atoms with Crippen LogP contribution in [0.25, 0.3) is 11.0 Å². The highest BCUT2D eigenvalue weighted by molar-refractivity contribution is 5.80. The number of alkyl halides is 3. The molecule has 0 fully saturated rings. The normalized spacial score (nSPS) is 13.2. The van der Waals surface area contributed by atoms with Gasteiger partial charge in [-0.15, -0.1) is 0 Å². The van der Waals surface area contributed by atoms with Gasteiger partial charge in [0.05, 0.1) is 35.1 Å². The Morgan fingerprint density at radius 1 is 1.26 bits per heavy atom. The molecule has 0 unspecified atom stereocenters. The minimum absolute atomic E-state index is 0.0141. The highest BCUT2D eigenvalue weighted by Crippen LogP contribution is 2.35. The summed E-state index contributed by atoms with van der Waals surface area (Å²) in [6, 6.07) is 2.70. The van der Waals surface area contributed by atoms with E-state index in [9.17, 15) is 18.3 Å². The number of aliphatic hydroxyl groups is 1. The van der Waals surface area contributed by atoms with Crippen LogP contribution in [0.4, 0.5) is 13.2 Å². The van der Waals surface area contributed by atoms with Gasteiger partial charge in [-0.25, -0.2) is 4.98 Å². The molecule has 1 aromatic heterocycles. The molecule has 6 heteroatoms. The molecule has 1 heterocycles. The summed E-state index contributed by atoms with van der Waals surface area (Å²) in [5.74, 6) is 0. The first-order valence-corrected chi connectivity index (χ1v) is 5.83. The molecule has 2 aromatic rings. The van der Waals surface area contributed by atoms with Crippen molar-refractivity contribution in [1.29, 1.82) is 0 Å².